The number of benzene rings is 2. The molecule has 1 aliphatic heterocycles. The Morgan fingerprint density at radius 2 is 1.59 bits per heavy atom. The molecule has 1 aliphatic rings. The Morgan fingerprint density at radius 3 is 2.44 bits per heavy atom. The molecule has 34 heavy (non-hydrogen) atoms. The molecule has 1 atom stereocenters. The molecule has 0 bridgehead atoms. The number of unbranched alkanes of at least 4 members (excludes halogenated alkanes) is 3. The van der Waals surface area contributed by atoms with Crippen molar-refractivity contribution in [3.63, 3.8) is 0 Å². The maximum absolute atomic E-state index is 4.58. The summed E-state index contributed by atoms with van der Waals surface area (Å²) in [4.78, 5) is 4.14. The Labute approximate surface area is 200 Å². The highest BCUT2D eigenvalue weighted by molar-refractivity contribution is 5.68. The van der Waals surface area contributed by atoms with Gasteiger partial charge in [0.2, 0.25) is 0 Å². The standard InChI is InChI=1S/C27H29N7/c1(8-17-33-20-26(29-31-33)23-13-10-16-28-19-23)2-9-18-34-21-27(30-32-34)25-15-7-6-14-24(25)22-11-4-3-5-12-22/h3-7,10-16,19-20,27H,1-2,8-9,17-18,21H2. The summed E-state index contributed by atoms with van der Waals surface area (Å²) in [6.07, 6.45) is 10.1. The Hall–Kier alpha value is -3.87. The summed E-state index contributed by atoms with van der Waals surface area (Å²) in [5, 5.41) is 19.7. The van der Waals surface area contributed by atoms with Crippen LogP contribution in [0.1, 0.15) is 37.3 Å². The summed E-state index contributed by atoms with van der Waals surface area (Å²) in [6.45, 7) is 2.68. The van der Waals surface area contributed by atoms with E-state index in [1.165, 1.54) is 23.1 Å². The normalized spacial score (nSPS) is 15.2. The molecule has 5 rings (SSSR count). The molecule has 0 aliphatic carbocycles. The van der Waals surface area contributed by atoms with Crippen LogP contribution < -0.4 is 0 Å². The molecule has 7 nitrogen and oxygen atoms in total. The monoisotopic (exact) mass is 451 g/mol. The molecular formula is C27H29N7. The lowest BCUT2D eigenvalue weighted by Gasteiger charge is -2.16. The summed E-state index contributed by atoms with van der Waals surface area (Å²) in [6, 6.07) is 23.1. The number of rotatable bonds is 10. The van der Waals surface area contributed by atoms with Crippen molar-refractivity contribution in [1.29, 1.82) is 0 Å². The highest BCUT2D eigenvalue weighted by Crippen LogP contribution is 2.33. The number of hydrogen-bond acceptors (Lipinski definition) is 6. The molecule has 0 fully saturated rings. The van der Waals surface area contributed by atoms with Gasteiger partial charge >= 0.3 is 0 Å². The van der Waals surface area contributed by atoms with Crippen LogP contribution in [0.25, 0.3) is 22.4 Å². The first-order valence-electron chi connectivity index (χ1n) is 12.0. The number of hydrogen-bond donors (Lipinski definition) is 0. The molecular weight excluding hydrogens is 422 g/mol. The summed E-state index contributed by atoms with van der Waals surface area (Å²) in [5.41, 5.74) is 5.59. The van der Waals surface area contributed by atoms with Gasteiger partial charge in [-0.3, -0.25) is 14.7 Å². The van der Waals surface area contributed by atoms with Gasteiger partial charge in [0, 0.05) is 31.0 Å². The molecule has 172 valence electrons. The quantitative estimate of drug-likeness (QED) is 0.278. The predicted octanol–water partition coefficient (Wildman–Crippen LogP) is 5.99. The van der Waals surface area contributed by atoms with Crippen LogP contribution in [0.15, 0.2) is 95.7 Å². The summed E-state index contributed by atoms with van der Waals surface area (Å²) in [7, 11) is 0. The van der Waals surface area contributed by atoms with E-state index < -0.39 is 0 Å². The van der Waals surface area contributed by atoms with Gasteiger partial charge in [-0.05, 0) is 41.7 Å². The van der Waals surface area contributed by atoms with Gasteiger partial charge in [-0.1, -0.05) is 77.9 Å². The lowest BCUT2D eigenvalue weighted by Crippen LogP contribution is -2.19. The minimum atomic E-state index is 0.0951. The zero-order chi connectivity index (χ0) is 23.0. The molecule has 0 radical (unpaired) electrons. The largest absolute Gasteiger partial charge is 0.276 e. The van der Waals surface area contributed by atoms with E-state index in [0.717, 1.165) is 50.2 Å². The van der Waals surface area contributed by atoms with Gasteiger partial charge < -0.3 is 0 Å². The van der Waals surface area contributed by atoms with E-state index in [2.05, 4.69) is 85.2 Å². The van der Waals surface area contributed by atoms with E-state index >= 15 is 0 Å². The zero-order valence-corrected chi connectivity index (χ0v) is 19.2. The Bertz CT molecular complexity index is 1200. The molecule has 0 N–H and O–H groups in total. The number of aryl methyl sites for hydroxylation is 1. The van der Waals surface area contributed by atoms with E-state index in [1.54, 1.807) is 6.20 Å². The fourth-order valence-corrected chi connectivity index (χ4v) is 4.35. The van der Waals surface area contributed by atoms with Crippen LogP contribution in [0, 0.1) is 0 Å². The summed E-state index contributed by atoms with van der Waals surface area (Å²) < 4.78 is 1.92. The van der Waals surface area contributed by atoms with Crippen molar-refractivity contribution in [3.05, 3.63) is 90.9 Å². The van der Waals surface area contributed by atoms with Crippen molar-refractivity contribution >= 4 is 0 Å². The first-order valence-corrected chi connectivity index (χ1v) is 12.0. The second kappa shape index (κ2) is 10.8. The Morgan fingerprint density at radius 1 is 0.794 bits per heavy atom. The zero-order valence-electron chi connectivity index (χ0n) is 19.2. The van der Waals surface area contributed by atoms with Gasteiger partial charge in [0.05, 0.1) is 12.7 Å². The SMILES string of the molecule is c1ccc(-c2ccccc2C2CN(CCCCCCn3cc(-c4cccnc4)nn3)N=N2)cc1. The van der Waals surface area contributed by atoms with Crippen molar-refractivity contribution in [2.45, 2.75) is 38.3 Å². The summed E-state index contributed by atoms with van der Waals surface area (Å²) in [5.74, 6) is 0. The second-order valence-electron chi connectivity index (χ2n) is 8.61. The smallest absolute Gasteiger partial charge is 0.118 e. The predicted molar refractivity (Wildman–Crippen MR) is 133 cm³/mol. The summed E-state index contributed by atoms with van der Waals surface area (Å²) >= 11 is 0. The number of nitrogens with zero attached hydrogens (tertiary/aromatic N) is 7. The van der Waals surface area contributed by atoms with Crippen LogP contribution in [0.2, 0.25) is 0 Å². The van der Waals surface area contributed by atoms with E-state index in [-0.39, 0.29) is 6.04 Å². The van der Waals surface area contributed by atoms with Crippen LogP contribution >= 0.6 is 0 Å². The maximum atomic E-state index is 4.58. The maximum Gasteiger partial charge on any atom is 0.118 e. The molecule has 1 unspecified atom stereocenters. The average molecular weight is 452 g/mol. The first kappa shape index (κ1) is 21.9. The average Bonchev–Trinajstić information content (AvgIpc) is 3.57. The van der Waals surface area contributed by atoms with Crippen LogP contribution in [0.4, 0.5) is 0 Å². The van der Waals surface area contributed by atoms with Crippen molar-refractivity contribution in [3.8, 4) is 22.4 Å². The molecule has 2 aromatic carbocycles. The third kappa shape index (κ3) is 5.36. The highest BCUT2D eigenvalue weighted by Gasteiger charge is 2.23. The van der Waals surface area contributed by atoms with Gasteiger partial charge in [0.1, 0.15) is 11.7 Å². The minimum absolute atomic E-state index is 0.0951. The molecule has 0 amide bonds. The number of pyridine rings is 1. The van der Waals surface area contributed by atoms with Crippen molar-refractivity contribution in [2.75, 3.05) is 13.1 Å². The molecule has 3 heterocycles. The third-order valence-corrected chi connectivity index (χ3v) is 6.16. The van der Waals surface area contributed by atoms with Crippen molar-refractivity contribution in [1.82, 2.24) is 25.0 Å². The van der Waals surface area contributed by atoms with Crippen LogP contribution in [-0.2, 0) is 6.54 Å². The van der Waals surface area contributed by atoms with E-state index in [1.807, 2.05) is 29.2 Å². The van der Waals surface area contributed by atoms with Gasteiger partial charge in [-0.15, -0.1) is 5.10 Å². The van der Waals surface area contributed by atoms with Crippen LogP contribution in [-0.4, -0.2) is 38.1 Å². The van der Waals surface area contributed by atoms with Gasteiger partial charge in [0.15, 0.2) is 0 Å². The topological polar surface area (TPSA) is 71.6 Å². The lowest BCUT2D eigenvalue weighted by molar-refractivity contribution is 0.299. The Balaban J connectivity index is 1.04. The van der Waals surface area contributed by atoms with Crippen LogP contribution in [0.3, 0.4) is 0 Å². The molecule has 0 spiro atoms. The first-order chi connectivity index (χ1) is 16.9. The minimum Gasteiger partial charge on any atom is -0.276 e. The van der Waals surface area contributed by atoms with E-state index in [4.69, 9.17) is 0 Å². The number of aromatic nitrogens is 4. The van der Waals surface area contributed by atoms with E-state index in [0.29, 0.717) is 0 Å². The third-order valence-electron chi connectivity index (χ3n) is 6.16. The molecule has 4 aromatic rings. The molecule has 0 saturated carbocycles. The Kier molecular flexibility index (Phi) is 6.99. The van der Waals surface area contributed by atoms with Crippen LogP contribution in [0.5, 0.6) is 0 Å². The molecule has 2 aromatic heterocycles. The lowest BCUT2D eigenvalue weighted by atomic mass is 9.95. The fraction of sp³-hybridized carbons (Fsp3) is 0.296. The molecule has 0 saturated heterocycles. The second-order valence-corrected chi connectivity index (χ2v) is 8.61. The molecule has 7 heteroatoms. The fourth-order valence-electron chi connectivity index (χ4n) is 4.35. The highest BCUT2D eigenvalue weighted by atomic mass is 15.6. The van der Waals surface area contributed by atoms with Crippen molar-refractivity contribution in [2.24, 2.45) is 10.3 Å². The van der Waals surface area contributed by atoms with E-state index in [9.17, 15) is 0 Å². The van der Waals surface area contributed by atoms with Crippen molar-refractivity contribution < 1.29 is 0 Å². The van der Waals surface area contributed by atoms with Gasteiger partial charge in [-0.25, -0.2) is 0 Å². The van der Waals surface area contributed by atoms with Gasteiger partial charge in [0.25, 0.3) is 0 Å². The van der Waals surface area contributed by atoms with Gasteiger partial charge in [-0.2, -0.15) is 5.11 Å².